The molecule has 0 aromatic heterocycles. The fourth-order valence-electron chi connectivity index (χ4n) is 3.52. The molecule has 0 saturated heterocycles. The lowest BCUT2D eigenvalue weighted by Crippen LogP contribution is -2.41. The van der Waals surface area contributed by atoms with Crippen LogP contribution in [0.3, 0.4) is 0 Å². The molecule has 0 amide bonds. The summed E-state index contributed by atoms with van der Waals surface area (Å²) in [5.41, 5.74) is 6.63. The zero-order valence-corrected chi connectivity index (χ0v) is 15.1. The number of aliphatic hydroxyl groups excluding tert-OH is 1. The largest absolute Gasteiger partial charge is 0.388 e. The Morgan fingerprint density at radius 1 is 1.38 bits per heavy atom. The summed E-state index contributed by atoms with van der Waals surface area (Å²) in [5, 5.41) is 11.5. The first-order chi connectivity index (χ1) is 9.89. The van der Waals surface area contributed by atoms with E-state index in [0.29, 0.717) is 17.5 Å². The van der Waals surface area contributed by atoms with Gasteiger partial charge in [0.15, 0.2) is 0 Å². The average Bonchev–Trinajstić information content (AvgIpc) is 2.46. The van der Waals surface area contributed by atoms with Crippen molar-refractivity contribution in [1.29, 1.82) is 0 Å². The van der Waals surface area contributed by atoms with Gasteiger partial charge >= 0.3 is 0 Å². The number of benzene rings is 1. The van der Waals surface area contributed by atoms with Gasteiger partial charge in [-0.15, -0.1) is 0 Å². The standard InChI is InChI=1S/C17H25BrClNO/c1-11(2)12-5-7-17(10-20,8-6-12)16(21)14-4-3-13(18)9-15(14)19/h3-4,9,11-12,16,21H,5-8,10,20H2,1-2H3. The summed E-state index contributed by atoms with van der Waals surface area (Å²) in [5.74, 6) is 1.45. The molecule has 0 spiro atoms. The van der Waals surface area contributed by atoms with Crippen molar-refractivity contribution in [2.24, 2.45) is 23.0 Å². The lowest BCUT2D eigenvalue weighted by atomic mass is 9.64. The molecular weight excluding hydrogens is 350 g/mol. The number of hydrogen-bond acceptors (Lipinski definition) is 2. The molecule has 1 atom stereocenters. The second-order valence-corrected chi connectivity index (χ2v) is 8.04. The van der Waals surface area contributed by atoms with Crippen molar-refractivity contribution >= 4 is 27.5 Å². The van der Waals surface area contributed by atoms with E-state index >= 15 is 0 Å². The van der Waals surface area contributed by atoms with Gasteiger partial charge in [0.05, 0.1) is 6.10 Å². The Balaban J connectivity index is 2.21. The van der Waals surface area contributed by atoms with Gasteiger partial charge in [-0.1, -0.05) is 47.4 Å². The molecule has 3 N–H and O–H groups in total. The first kappa shape index (κ1) is 17.3. The van der Waals surface area contributed by atoms with Gasteiger partial charge in [-0.25, -0.2) is 0 Å². The van der Waals surface area contributed by atoms with Crippen LogP contribution in [-0.2, 0) is 0 Å². The van der Waals surface area contributed by atoms with Gasteiger partial charge in [0.1, 0.15) is 0 Å². The third-order valence-electron chi connectivity index (χ3n) is 5.21. The van der Waals surface area contributed by atoms with E-state index in [2.05, 4.69) is 29.8 Å². The highest BCUT2D eigenvalue weighted by Gasteiger charge is 2.42. The quantitative estimate of drug-likeness (QED) is 0.785. The Kier molecular flexibility index (Phi) is 5.75. The summed E-state index contributed by atoms with van der Waals surface area (Å²) >= 11 is 9.72. The maximum Gasteiger partial charge on any atom is 0.0872 e. The number of rotatable bonds is 4. The van der Waals surface area contributed by atoms with E-state index < -0.39 is 6.10 Å². The predicted octanol–water partition coefficient (Wildman–Crippen LogP) is 4.93. The summed E-state index contributed by atoms with van der Waals surface area (Å²) in [6.07, 6.45) is 3.64. The highest BCUT2D eigenvalue weighted by atomic mass is 79.9. The molecule has 4 heteroatoms. The molecular formula is C17H25BrClNO. The maximum absolute atomic E-state index is 10.9. The molecule has 1 aromatic carbocycles. The smallest absolute Gasteiger partial charge is 0.0872 e. The first-order valence-corrected chi connectivity index (χ1v) is 8.90. The van der Waals surface area contributed by atoms with Crippen molar-refractivity contribution in [2.75, 3.05) is 6.54 Å². The topological polar surface area (TPSA) is 46.2 Å². The second-order valence-electron chi connectivity index (χ2n) is 6.72. The Hall–Kier alpha value is -0.0900. The molecule has 1 aliphatic rings. The van der Waals surface area contributed by atoms with Crippen LogP contribution >= 0.6 is 27.5 Å². The van der Waals surface area contributed by atoms with Crippen LogP contribution < -0.4 is 5.73 Å². The molecule has 1 aromatic rings. The van der Waals surface area contributed by atoms with Crippen LogP contribution in [0.25, 0.3) is 0 Å². The van der Waals surface area contributed by atoms with Crippen LogP contribution in [0.1, 0.15) is 51.2 Å². The van der Waals surface area contributed by atoms with E-state index in [4.69, 9.17) is 17.3 Å². The van der Waals surface area contributed by atoms with Gasteiger partial charge in [0.2, 0.25) is 0 Å². The van der Waals surface area contributed by atoms with Crippen molar-refractivity contribution in [3.05, 3.63) is 33.3 Å². The minimum Gasteiger partial charge on any atom is -0.388 e. The third kappa shape index (κ3) is 3.64. The molecule has 2 nitrogen and oxygen atoms in total. The minimum absolute atomic E-state index is 0.233. The van der Waals surface area contributed by atoms with Crippen molar-refractivity contribution in [3.8, 4) is 0 Å². The van der Waals surface area contributed by atoms with Gasteiger partial charge in [-0.05, 0) is 55.2 Å². The highest BCUT2D eigenvalue weighted by Crippen LogP contribution is 2.49. The number of hydrogen-bond donors (Lipinski definition) is 2. The maximum atomic E-state index is 10.9. The molecule has 0 aliphatic heterocycles. The van der Waals surface area contributed by atoms with Crippen molar-refractivity contribution in [2.45, 2.75) is 45.6 Å². The van der Waals surface area contributed by atoms with Crippen molar-refractivity contribution in [3.63, 3.8) is 0 Å². The molecule has 2 rings (SSSR count). The molecule has 0 bridgehead atoms. The van der Waals surface area contributed by atoms with E-state index in [0.717, 1.165) is 41.6 Å². The Morgan fingerprint density at radius 2 is 2.00 bits per heavy atom. The van der Waals surface area contributed by atoms with E-state index in [-0.39, 0.29) is 5.41 Å². The molecule has 21 heavy (non-hydrogen) atoms. The van der Waals surface area contributed by atoms with Crippen LogP contribution in [0.15, 0.2) is 22.7 Å². The molecule has 1 aliphatic carbocycles. The van der Waals surface area contributed by atoms with Gasteiger partial charge in [-0.3, -0.25) is 0 Å². The van der Waals surface area contributed by atoms with Gasteiger partial charge in [0.25, 0.3) is 0 Å². The zero-order chi connectivity index (χ0) is 15.6. The lowest BCUT2D eigenvalue weighted by Gasteiger charge is -2.44. The van der Waals surface area contributed by atoms with Crippen molar-refractivity contribution < 1.29 is 5.11 Å². The molecule has 118 valence electrons. The SMILES string of the molecule is CC(C)C1CCC(CN)(C(O)c2ccc(Br)cc2Cl)CC1. The molecule has 0 radical (unpaired) electrons. The monoisotopic (exact) mass is 373 g/mol. The molecule has 1 unspecified atom stereocenters. The lowest BCUT2D eigenvalue weighted by molar-refractivity contribution is -0.0147. The predicted molar refractivity (Wildman–Crippen MR) is 92.4 cm³/mol. The number of aliphatic hydroxyl groups is 1. The van der Waals surface area contributed by atoms with Crippen LogP contribution in [0.5, 0.6) is 0 Å². The summed E-state index contributed by atoms with van der Waals surface area (Å²) < 4.78 is 0.925. The zero-order valence-electron chi connectivity index (χ0n) is 12.8. The van der Waals surface area contributed by atoms with Gasteiger partial charge in [-0.2, -0.15) is 0 Å². The second kappa shape index (κ2) is 6.99. The normalized spacial score (nSPS) is 27.9. The first-order valence-electron chi connectivity index (χ1n) is 7.72. The van der Waals surface area contributed by atoms with E-state index in [1.165, 1.54) is 0 Å². The van der Waals surface area contributed by atoms with E-state index in [1.54, 1.807) is 0 Å². The summed E-state index contributed by atoms with van der Waals surface area (Å²) in [4.78, 5) is 0. The van der Waals surface area contributed by atoms with Crippen LogP contribution in [0.4, 0.5) is 0 Å². The van der Waals surface area contributed by atoms with Crippen LogP contribution in [-0.4, -0.2) is 11.7 Å². The fraction of sp³-hybridized carbons (Fsp3) is 0.647. The molecule has 1 saturated carbocycles. The fourth-order valence-corrected chi connectivity index (χ4v) is 4.30. The summed E-state index contributed by atoms with van der Waals surface area (Å²) in [7, 11) is 0. The Morgan fingerprint density at radius 3 is 2.48 bits per heavy atom. The Labute approximate surface area is 141 Å². The van der Waals surface area contributed by atoms with Crippen LogP contribution in [0.2, 0.25) is 5.02 Å². The Bertz CT molecular complexity index is 484. The molecule has 0 heterocycles. The van der Waals surface area contributed by atoms with Gasteiger partial charge in [0, 0.05) is 21.5 Å². The summed E-state index contributed by atoms with van der Waals surface area (Å²) in [6.45, 7) is 5.07. The molecule has 1 fully saturated rings. The third-order valence-corrected chi connectivity index (χ3v) is 6.03. The van der Waals surface area contributed by atoms with E-state index in [1.807, 2.05) is 18.2 Å². The number of halogens is 2. The minimum atomic E-state index is -0.587. The summed E-state index contributed by atoms with van der Waals surface area (Å²) in [6, 6.07) is 5.67. The van der Waals surface area contributed by atoms with Gasteiger partial charge < -0.3 is 10.8 Å². The van der Waals surface area contributed by atoms with Crippen molar-refractivity contribution in [1.82, 2.24) is 0 Å². The highest BCUT2D eigenvalue weighted by molar-refractivity contribution is 9.10. The van der Waals surface area contributed by atoms with E-state index in [9.17, 15) is 5.11 Å². The van der Waals surface area contributed by atoms with Crippen LogP contribution in [0, 0.1) is 17.3 Å². The average molecular weight is 375 g/mol. The number of nitrogens with two attached hydrogens (primary N) is 1.